The summed E-state index contributed by atoms with van der Waals surface area (Å²) in [5.41, 5.74) is 3.26. The number of H-pyrrole nitrogens is 1. The van der Waals surface area contributed by atoms with Crippen LogP contribution in [-0.4, -0.2) is 30.0 Å². The first-order chi connectivity index (χ1) is 12.7. The van der Waals surface area contributed by atoms with Crippen LogP contribution in [0, 0.1) is 0 Å². The Kier molecular flexibility index (Phi) is 4.96. The van der Waals surface area contributed by atoms with Crippen LogP contribution in [0.25, 0.3) is 10.9 Å². The lowest BCUT2D eigenvalue weighted by atomic mass is 9.90. The molecule has 4 rings (SSSR count). The Bertz CT molecular complexity index is 914. The zero-order chi connectivity index (χ0) is 17.9. The van der Waals surface area contributed by atoms with Crippen LogP contribution in [0.5, 0.6) is 0 Å². The fourth-order valence-corrected chi connectivity index (χ4v) is 4.03. The maximum absolute atomic E-state index is 12.5. The largest absolute Gasteiger partial charge is 0.361 e. The average molecular weight is 368 g/mol. The second-order valence-corrected chi connectivity index (χ2v) is 7.16. The van der Waals surface area contributed by atoms with Crippen molar-refractivity contribution in [1.82, 2.24) is 15.6 Å². The SMILES string of the molecule is O=C(NCC(c1ccccc1Cl)c1c[nH]c2ccccc12)C1CCCN1. The molecule has 2 aromatic carbocycles. The van der Waals surface area contributed by atoms with Crippen LogP contribution < -0.4 is 10.6 Å². The van der Waals surface area contributed by atoms with Crippen LogP contribution in [0.2, 0.25) is 5.02 Å². The summed E-state index contributed by atoms with van der Waals surface area (Å²) < 4.78 is 0. The summed E-state index contributed by atoms with van der Waals surface area (Å²) in [5.74, 6) is 0.0598. The molecule has 1 fully saturated rings. The standard InChI is InChI=1S/C21H22ClN3O/c22-18-8-3-1-6-14(18)16(13-25-21(26)20-10-5-11-23-20)17-12-24-19-9-4-2-7-15(17)19/h1-4,6-9,12,16,20,23-24H,5,10-11,13H2,(H,25,26). The molecule has 2 heterocycles. The van der Waals surface area contributed by atoms with Crippen molar-refractivity contribution in [2.24, 2.45) is 0 Å². The van der Waals surface area contributed by atoms with E-state index in [1.165, 1.54) is 0 Å². The highest BCUT2D eigenvalue weighted by atomic mass is 35.5. The van der Waals surface area contributed by atoms with Crippen molar-refractivity contribution < 1.29 is 4.79 Å². The molecule has 134 valence electrons. The minimum atomic E-state index is -0.0788. The van der Waals surface area contributed by atoms with E-state index in [1.807, 2.05) is 42.6 Å². The number of amides is 1. The lowest BCUT2D eigenvalue weighted by molar-refractivity contribution is -0.122. The predicted octanol–water partition coefficient (Wildman–Crippen LogP) is 3.82. The monoisotopic (exact) mass is 367 g/mol. The predicted molar refractivity (Wildman–Crippen MR) is 106 cm³/mol. The molecule has 1 aromatic heterocycles. The number of hydrogen-bond acceptors (Lipinski definition) is 2. The highest BCUT2D eigenvalue weighted by Gasteiger charge is 2.25. The Hall–Kier alpha value is -2.30. The van der Waals surface area contributed by atoms with Crippen molar-refractivity contribution in [3.8, 4) is 0 Å². The van der Waals surface area contributed by atoms with Gasteiger partial charge in [-0.05, 0) is 42.6 Å². The molecule has 2 unspecified atom stereocenters. The summed E-state index contributed by atoms with van der Waals surface area (Å²) in [4.78, 5) is 15.8. The molecule has 0 saturated carbocycles. The first-order valence-electron chi connectivity index (χ1n) is 9.05. The van der Waals surface area contributed by atoms with Gasteiger partial charge in [0.05, 0.1) is 6.04 Å². The van der Waals surface area contributed by atoms with Gasteiger partial charge in [-0.3, -0.25) is 4.79 Å². The van der Waals surface area contributed by atoms with E-state index in [0.29, 0.717) is 6.54 Å². The minimum absolute atomic E-state index is 0.00907. The smallest absolute Gasteiger partial charge is 0.237 e. The van der Waals surface area contributed by atoms with Crippen LogP contribution in [0.3, 0.4) is 0 Å². The van der Waals surface area contributed by atoms with Crippen molar-refractivity contribution in [2.75, 3.05) is 13.1 Å². The van der Waals surface area contributed by atoms with Crippen molar-refractivity contribution in [3.63, 3.8) is 0 Å². The van der Waals surface area contributed by atoms with Crippen LogP contribution in [-0.2, 0) is 4.79 Å². The second-order valence-electron chi connectivity index (χ2n) is 6.76. The van der Waals surface area contributed by atoms with Gasteiger partial charge >= 0.3 is 0 Å². The highest BCUT2D eigenvalue weighted by Crippen LogP contribution is 2.34. The third kappa shape index (κ3) is 3.35. The van der Waals surface area contributed by atoms with Gasteiger partial charge in [-0.15, -0.1) is 0 Å². The van der Waals surface area contributed by atoms with E-state index in [4.69, 9.17) is 11.6 Å². The number of aromatic amines is 1. The summed E-state index contributed by atoms with van der Waals surface area (Å²) in [5, 5.41) is 8.26. The average Bonchev–Trinajstić information content (AvgIpc) is 3.33. The van der Waals surface area contributed by atoms with Crippen LogP contribution in [0.15, 0.2) is 54.7 Å². The van der Waals surface area contributed by atoms with E-state index in [2.05, 4.69) is 27.8 Å². The lowest BCUT2D eigenvalue weighted by Gasteiger charge is -2.20. The molecule has 1 amide bonds. The normalized spacial score (nSPS) is 18.1. The molecular formula is C21H22ClN3O. The fraction of sp³-hybridized carbons (Fsp3) is 0.286. The molecule has 1 aliphatic heterocycles. The van der Waals surface area contributed by atoms with E-state index in [1.54, 1.807) is 0 Å². The second kappa shape index (κ2) is 7.52. The molecule has 1 saturated heterocycles. The maximum Gasteiger partial charge on any atom is 0.237 e. The number of nitrogens with one attached hydrogen (secondary N) is 3. The topological polar surface area (TPSA) is 56.9 Å². The van der Waals surface area contributed by atoms with Gasteiger partial charge in [-0.2, -0.15) is 0 Å². The van der Waals surface area contributed by atoms with Gasteiger partial charge in [0, 0.05) is 34.6 Å². The molecule has 2 atom stereocenters. The van der Waals surface area contributed by atoms with Crippen molar-refractivity contribution in [1.29, 1.82) is 0 Å². The number of hydrogen-bond donors (Lipinski definition) is 3. The Labute approximate surface area is 157 Å². The molecule has 0 aliphatic carbocycles. The van der Waals surface area contributed by atoms with Gasteiger partial charge in [0.25, 0.3) is 0 Å². The molecule has 26 heavy (non-hydrogen) atoms. The van der Waals surface area contributed by atoms with Gasteiger partial charge in [0.15, 0.2) is 0 Å². The van der Waals surface area contributed by atoms with Gasteiger partial charge in [0.1, 0.15) is 0 Å². The van der Waals surface area contributed by atoms with E-state index in [0.717, 1.165) is 46.4 Å². The third-order valence-electron chi connectivity index (χ3n) is 5.13. The molecule has 3 N–H and O–H groups in total. The molecule has 1 aliphatic rings. The summed E-state index contributed by atoms with van der Waals surface area (Å²) in [6, 6.07) is 16.0. The molecule has 3 aromatic rings. The number of fused-ring (bicyclic) bond motifs is 1. The molecular weight excluding hydrogens is 346 g/mol. The molecule has 4 nitrogen and oxygen atoms in total. The lowest BCUT2D eigenvalue weighted by Crippen LogP contribution is -2.42. The summed E-state index contributed by atoms with van der Waals surface area (Å²) in [7, 11) is 0. The number of aromatic nitrogens is 1. The van der Waals surface area contributed by atoms with Gasteiger partial charge in [-0.25, -0.2) is 0 Å². The van der Waals surface area contributed by atoms with Crippen LogP contribution in [0.4, 0.5) is 0 Å². The van der Waals surface area contributed by atoms with E-state index >= 15 is 0 Å². The van der Waals surface area contributed by atoms with Gasteiger partial charge in [0.2, 0.25) is 5.91 Å². The minimum Gasteiger partial charge on any atom is -0.361 e. The molecule has 0 spiro atoms. The number of halogens is 1. The zero-order valence-electron chi connectivity index (χ0n) is 14.5. The van der Waals surface area contributed by atoms with E-state index in [9.17, 15) is 4.79 Å². The van der Waals surface area contributed by atoms with Crippen LogP contribution >= 0.6 is 11.6 Å². The first kappa shape index (κ1) is 17.1. The molecule has 0 radical (unpaired) electrons. The van der Waals surface area contributed by atoms with Crippen LogP contribution in [0.1, 0.15) is 29.9 Å². The van der Waals surface area contributed by atoms with Crippen molar-refractivity contribution in [3.05, 3.63) is 70.9 Å². The summed E-state index contributed by atoms with van der Waals surface area (Å²) in [6.45, 7) is 1.43. The molecule has 5 heteroatoms. The van der Waals surface area contributed by atoms with E-state index in [-0.39, 0.29) is 17.9 Å². The number of para-hydroxylation sites is 1. The quantitative estimate of drug-likeness (QED) is 0.642. The Balaban J connectivity index is 1.66. The third-order valence-corrected chi connectivity index (χ3v) is 5.48. The number of rotatable bonds is 5. The van der Waals surface area contributed by atoms with Gasteiger partial charge in [-0.1, -0.05) is 48.0 Å². The van der Waals surface area contributed by atoms with Crippen molar-refractivity contribution in [2.45, 2.75) is 24.8 Å². The number of carbonyl (C=O) groups excluding carboxylic acids is 1. The number of carbonyl (C=O) groups is 1. The summed E-state index contributed by atoms with van der Waals surface area (Å²) in [6.07, 6.45) is 3.97. The zero-order valence-corrected chi connectivity index (χ0v) is 15.2. The highest BCUT2D eigenvalue weighted by molar-refractivity contribution is 6.31. The fourth-order valence-electron chi connectivity index (χ4n) is 3.76. The Morgan fingerprint density at radius 1 is 1.15 bits per heavy atom. The van der Waals surface area contributed by atoms with Crippen molar-refractivity contribution >= 4 is 28.4 Å². The van der Waals surface area contributed by atoms with E-state index < -0.39 is 0 Å². The number of benzene rings is 2. The first-order valence-corrected chi connectivity index (χ1v) is 9.43. The van der Waals surface area contributed by atoms with Gasteiger partial charge < -0.3 is 15.6 Å². The Morgan fingerprint density at radius 3 is 2.77 bits per heavy atom. The summed E-state index contributed by atoms with van der Waals surface area (Å²) >= 11 is 6.49. The maximum atomic E-state index is 12.5. The molecule has 0 bridgehead atoms. The Morgan fingerprint density at radius 2 is 1.96 bits per heavy atom.